The van der Waals surface area contributed by atoms with E-state index in [4.69, 9.17) is 0 Å². The summed E-state index contributed by atoms with van der Waals surface area (Å²) in [6, 6.07) is 0.628. The largest absolute Gasteiger partial charge is 0.479 e. The van der Waals surface area contributed by atoms with Gasteiger partial charge in [-0.1, -0.05) is 0 Å². The van der Waals surface area contributed by atoms with Gasteiger partial charge in [0.1, 0.15) is 0 Å². The number of carbonyl (C=O) groups excluding carboxylic acids is 1. The Balaban J connectivity index is 2.12. The number of carboxylic acids is 1. The van der Waals surface area contributed by atoms with E-state index >= 15 is 0 Å². The van der Waals surface area contributed by atoms with Crippen LogP contribution in [0, 0.1) is 0 Å². The van der Waals surface area contributed by atoms with Gasteiger partial charge in [0.25, 0.3) is 0 Å². The summed E-state index contributed by atoms with van der Waals surface area (Å²) < 4.78 is -0.0717. The van der Waals surface area contributed by atoms with Crippen LogP contribution in [0.4, 0.5) is 4.79 Å². The third-order valence-electron chi connectivity index (χ3n) is 3.68. The molecule has 0 spiro atoms. The average molecular weight is 328 g/mol. The van der Waals surface area contributed by atoms with Gasteiger partial charge in [-0.3, -0.25) is 0 Å². The smallest absolute Gasteiger partial charge is 0.331 e. The van der Waals surface area contributed by atoms with Crippen LogP contribution in [0.2, 0.25) is 0 Å². The molecule has 1 aliphatic rings. The highest BCUT2D eigenvalue weighted by atomic mass is 32.2. The summed E-state index contributed by atoms with van der Waals surface area (Å²) in [7, 11) is 0. The van der Waals surface area contributed by atoms with Crippen molar-refractivity contribution in [2.24, 2.45) is 0 Å². The van der Waals surface area contributed by atoms with Crippen LogP contribution in [0.15, 0.2) is 11.4 Å². The first-order valence-corrected chi connectivity index (χ1v) is 8.85. The van der Waals surface area contributed by atoms with Crippen LogP contribution in [0.1, 0.15) is 30.3 Å². The van der Waals surface area contributed by atoms with Crippen molar-refractivity contribution in [1.82, 2.24) is 10.2 Å². The Morgan fingerprint density at radius 3 is 2.90 bits per heavy atom. The summed E-state index contributed by atoms with van der Waals surface area (Å²) in [5.74, 6) is -0.978. The molecule has 1 aliphatic heterocycles. The molecule has 21 heavy (non-hydrogen) atoms. The zero-order valence-corrected chi connectivity index (χ0v) is 14.0. The molecule has 0 saturated heterocycles. The van der Waals surface area contributed by atoms with E-state index in [0.717, 1.165) is 16.9 Å². The summed E-state index contributed by atoms with van der Waals surface area (Å²) in [4.78, 5) is 26.4. The van der Waals surface area contributed by atoms with E-state index in [1.807, 2.05) is 31.5 Å². The highest BCUT2D eigenvalue weighted by molar-refractivity contribution is 7.99. The Kier molecular flexibility index (Phi) is 4.83. The number of carbonyl (C=O) groups is 2. The number of amides is 2. The van der Waals surface area contributed by atoms with Crippen molar-refractivity contribution >= 4 is 35.1 Å². The van der Waals surface area contributed by atoms with E-state index in [0.29, 0.717) is 13.1 Å². The van der Waals surface area contributed by atoms with Crippen LogP contribution >= 0.6 is 23.1 Å². The standard InChI is InChI=1S/C14H20N2O3S2/c1-14(2,20-3)8-15-13(19)16-6-4-10-9(5-7-21-10)11(16)12(17)18/h5,7,11H,4,6,8H2,1-3H3,(H,15,19)(H,17,18). The van der Waals surface area contributed by atoms with Gasteiger partial charge in [-0.2, -0.15) is 11.8 Å². The SMILES string of the molecule is CSC(C)(C)CNC(=O)N1CCc2sccc2C1C(=O)O. The summed E-state index contributed by atoms with van der Waals surface area (Å²) in [5.41, 5.74) is 0.748. The number of fused-ring (bicyclic) bond motifs is 1. The summed E-state index contributed by atoms with van der Waals surface area (Å²) in [6.07, 6.45) is 2.71. The number of nitrogens with one attached hydrogen (secondary N) is 1. The van der Waals surface area contributed by atoms with Gasteiger partial charge >= 0.3 is 12.0 Å². The van der Waals surface area contributed by atoms with Gasteiger partial charge in [-0.05, 0) is 43.5 Å². The number of carboxylic acid groups (broad SMARTS) is 1. The number of thioether (sulfide) groups is 1. The molecule has 1 aromatic rings. The molecule has 1 aromatic heterocycles. The number of urea groups is 1. The molecule has 0 bridgehead atoms. The highest BCUT2D eigenvalue weighted by Crippen LogP contribution is 2.33. The quantitative estimate of drug-likeness (QED) is 0.891. The lowest BCUT2D eigenvalue weighted by Crippen LogP contribution is -2.50. The molecule has 2 heterocycles. The van der Waals surface area contributed by atoms with Gasteiger partial charge in [0.2, 0.25) is 0 Å². The Bertz CT molecular complexity index is 542. The van der Waals surface area contributed by atoms with Crippen molar-refractivity contribution in [2.45, 2.75) is 31.1 Å². The van der Waals surface area contributed by atoms with E-state index < -0.39 is 12.0 Å². The van der Waals surface area contributed by atoms with E-state index in [2.05, 4.69) is 5.32 Å². The minimum Gasteiger partial charge on any atom is -0.479 e. The predicted molar refractivity (Wildman–Crippen MR) is 86.1 cm³/mol. The fourth-order valence-corrected chi connectivity index (χ4v) is 3.38. The molecule has 2 rings (SSSR count). The third-order valence-corrected chi connectivity index (χ3v) is 5.92. The van der Waals surface area contributed by atoms with Crippen LogP contribution in [-0.4, -0.2) is 46.1 Å². The van der Waals surface area contributed by atoms with Crippen LogP contribution < -0.4 is 5.32 Å². The topological polar surface area (TPSA) is 69.6 Å². The summed E-state index contributed by atoms with van der Waals surface area (Å²) in [6.45, 7) is 5.03. The first kappa shape index (κ1) is 16.2. The lowest BCUT2D eigenvalue weighted by atomic mass is 10.0. The van der Waals surface area contributed by atoms with Crippen molar-refractivity contribution in [3.05, 3.63) is 21.9 Å². The van der Waals surface area contributed by atoms with Gasteiger partial charge in [0.05, 0.1) is 0 Å². The molecule has 0 aromatic carbocycles. The van der Waals surface area contributed by atoms with Crippen molar-refractivity contribution in [3.8, 4) is 0 Å². The number of hydrogen-bond acceptors (Lipinski definition) is 4. The van der Waals surface area contributed by atoms with E-state index in [1.54, 1.807) is 23.1 Å². The maximum absolute atomic E-state index is 12.4. The summed E-state index contributed by atoms with van der Waals surface area (Å²) >= 11 is 3.22. The van der Waals surface area contributed by atoms with Crippen molar-refractivity contribution < 1.29 is 14.7 Å². The third kappa shape index (κ3) is 3.52. The Morgan fingerprint density at radius 1 is 1.57 bits per heavy atom. The molecule has 2 amide bonds. The van der Waals surface area contributed by atoms with Crippen molar-refractivity contribution in [3.63, 3.8) is 0 Å². The maximum Gasteiger partial charge on any atom is 0.331 e. The van der Waals surface area contributed by atoms with E-state index in [9.17, 15) is 14.7 Å². The molecular weight excluding hydrogens is 308 g/mol. The number of hydrogen-bond donors (Lipinski definition) is 2. The number of nitrogens with zero attached hydrogens (tertiary/aromatic N) is 1. The van der Waals surface area contributed by atoms with E-state index in [-0.39, 0.29) is 10.8 Å². The fraction of sp³-hybridized carbons (Fsp3) is 0.571. The maximum atomic E-state index is 12.4. The molecule has 0 radical (unpaired) electrons. The second-order valence-corrected chi connectivity index (χ2v) is 8.12. The minimum atomic E-state index is -0.978. The molecule has 0 saturated carbocycles. The molecule has 0 fully saturated rings. The highest BCUT2D eigenvalue weighted by Gasteiger charge is 2.36. The molecule has 116 valence electrons. The fourth-order valence-electron chi connectivity index (χ4n) is 2.26. The molecule has 1 unspecified atom stereocenters. The predicted octanol–water partition coefficient (Wildman–Crippen LogP) is 2.58. The van der Waals surface area contributed by atoms with Gasteiger partial charge in [0, 0.05) is 22.7 Å². The first-order chi connectivity index (χ1) is 9.85. The first-order valence-electron chi connectivity index (χ1n) is 6.74. The van der Waals surface area contributed by atoms with E-state index in [1.165, 1.54) is 4.90 Å². The lowest BCUT2D eigenvalue weighted by molar-refractivity contribution is -0.142. The molecule has 2 N–H and O–H groups in total. The van der Waals surface area contributed by atoms with Gasteiger partial charge < -0.3 is 15.3 Å². The second-order valence-electron chi connectivity index (χ2n) is 5.61. The Labute approximate surface area is 132 Å². The Hall–Kier alpha value is -1.21. The number of thiophene rings is 1. The molecule has 1 atom stereocenters. The molecule has 0 aliphatic carbocycles. The van der Waals surface area contributed by atoms with Gasteiger partial charge in [-0.15, -0.1) is 11.3 Å². The summed E-state index contributed by atoms with van der Waals surface area (Å²) in [5, 5.41) is 14.2. The molecule has 5 nitrogen and oxygen atoms in total. The lowest BCUT2D eigenvalue weighted by Gasteiger charge is -2.34. The zero-order chi connectivity index (χ0) is 15.6. The number of aliphatic carboxylic acids is 1. The van der Waals surface area contributed by atoms with Crippen LogP contribution in [-0.2, 0) is 11.2 Å². The molecular formula is C14H20N2O3S2. The average Bonchev–Trinajstić information content (AvgIpc) is 2.91. The Morgan fingerprint density at radius 2 is 2.29 bits per heavy atom. The molecule has 7 heteroatoms. The van der Waals surface area contributed by atoms with Crippen LogP contribution in [0.3, 0.4) is 0 Å². The minimum absolute atomic E-state index is 0.0717. The number of rotatable bonds is 4. The second kappa shape index (κ2) is 6.27. The van der Waals surface area contributed by atoms with Crippen molar-refractivity contribution in [2.75, 3.05) is 19.3 Å². The van der Waals surface area contributed by atoms with Crippen molar-refractivity contribution in [1.29, 1.82) is 0 Å². The normalized spacial score (nSPS) is 18.2. The van der Waals surface area contributed by atoms with Crippen LogP contribution in [0.5, 0.6) is 0 Å². The van der Waals surface area contributed by atoms with Crippen LogP contribution in [0.25, 0.3) is 0 Å². The monoisotopic (exact) mass is 328 g/mol. The van der Waals surface area contributed by atoms with Gasteiger partial charge in [0.15, 0.2) is 6.04 Å². The van der Waals surface area contributed by atoms with Gasteiger partial charge in [-0.25, -0.2) is 9.59 Å². The zero-order valence-electron chi connectivity index (χ0n) is 12.4.